The Morgan fingerprint density at radius 1 is 1.50 bits per heavy atom. The highest BCUT2D eigenvalue weighted by Gasteiger charge is 2.29. The monoisotopic (exact) mass is 244 g/mol. The van der Waals surface area contributed by atoms with Gasteiger partial charge in [0.1, 0.15) is 0 Å². The summed E-state index contributed by atoms with van der Waals surface area (Å²) < 4.78 is 5.47. The standard InChI is InChI=1S/C12H24N2OS/c1-11(2)9-15-6-5-14-12(10-13)3-7-16-8-4-12/h14H,1,3-10,13H2,2H3. The molecule has 0 unspecified atom stereocenters. The van der Waals surface area contributed by atoms with E-state index in [-0.39, 0.29) is 5.54 Å². The third-order valence-corrected chi connectivity index (χ3v) is 3.92. The minimum atomic E-state index is 0.165. The Morgan fingerprint density at radius 3 is 2.75 bits per heavy atom. The van der Waals surface area contributed by atoms with Crippen molar-refractivity contribution in [2.45, 2.75) is 25.3 Å². The van der Waals surface area contributed by atoms with E-state index in [0.29, 0.717) is 6.61 Å². The third kappa shape index (κ3) is 4.87. The van der Waals surface area contributed by atoms with Crippen molar-refractivity contribution in [3.63, 3.8) is 0 Å². The van der Waals surface area contributed by atoms with Gasteiger partial charge in [0.2, 0.25) is 0 Å². The van der Waals surface area contributed by atoms with E-state index in [4.69, 9.17) is 10.5 Å². The molecule has 0 spiro atoms. The maximum Gasteiger partial charge on any atom is 0.0672 e. The van der Waals surface area contributed by atoms with Crippen LogP contribution in [0.3, 0.4) is 0 Å². The lowest BCUT2D eigenvalue weighted by Gasteiger charge is -2.37. The van der Waals surface area contributed by atoms with Crippen LogP contribution in [0.15, 0.2) is 12.2 Å². The van der Waals surface area contributed by atoms with Gasteiger partial charge in [0.15, 0.2) is 0 Å². The van der Waals surface area contributed by atoms with Crippen molar-refractivity contribution >= 4 is 11.8 Å². The van der Waals surface area contributed by atoms with Gasteiger partial charge < -0.3 is 15.8 Å². The van der Waals surface area contributed by atoms with Gasteiger partial charge in [0.25, 0.3) is 0 Å². The Balaban J connectivity index is 2.15. The molecule has 0 radical (unpaired) electrons. The summed E-state index contributed by atoms with van der Waals surface area (Å²) in [6, 6.07) is 0. The molecule has 1 aliphatic heterocycles. The van der Waals surface area contributed by atoms with Crippen molar-refractivity contribution in [3.8, 4) is 0 Å². The lowest BCUT2D eigenvalue weighted by molar-refractivity contribution is 0.146. The third-order valence-electron chi connectivity index (χ3n) is 2.94. The van der Waals surface area contributed by atoms with E-state index in [1.54, 1.807) is 0 Å². The van der Waals surface area contributed by atoms with Gasteiger partial charge in [-0.3, -0.25) is 0 Å². The fraction of sp³-hybridized carbons (Fsp3) is 0.833. The van der Waals surface area contributed by atoms with Gasteiger partial charge in [0, 0.05) is 18.6 Å². The van der Waals surface area contributed by atoms with E-state index in [2.05, 4.69) is 11.9 Å². The van der Waals surface area contributed by atoms with Crippen molar-refractivity contribution in [3.05, 3.63) is 12.2 Å². The molecule has 0 aromatic carbocycles. The average molecular weight is 244 g/mol. The Bertz CT molecular complexity index is 215. The van der Waals surface area contributed by atoms with E-state index in [9.17, 15) is 0 Å². The van der Waals surface area contributed by atoms with Crippen LogP contribution in [0.4, 0.5) is 0 Å². The van der Waals surface area contributed by atoms with Gasteiger partial charge >= 0.3 is 0 Å². The number of hydrogen-bond acceptors (Lipinski definition) is 4. The maximum absolute atomic E-state index is 5.87. The van der Waals surface area contributed by atoms with Crippen LogP contribution < -0.4 is 11.1 Å². The van der Waals surface area contributed by atoms with Crippen molar-refractivity contribution in [2.24, 2.45) is 5.73 Å². The van der Waals surface area contributed by atoms with Crippen LogP contribution in [0.2, 0.25) is 0 Å². The highest BCUT2D eigenvalue weighted by atomic mass is 32.2. The number of thioether (sulfide) groups is 1. The molecule has 0 saturated carbocycles. The van der Waals surface area contributed by atoms with Crippen LogP contribution in [0.1, 0.15) is 19.8 Å². The molecule has 94 valence electrons. The molecule has 1 aliphatic rings. The van der Waals surface area contributed by atoms with Gasteiger partial charge in [-0.15, -0.1) is 0 Å². The van der Waals surface area contributed by atoms with Crippen LogP contribution in [0.25, 0.3) is 0 Å². The molecule has 0 aliphatic carbocycles. The maximum atomic E-state index is 5.87. The SMILES string of the molecule is C=C(C)COCCNC1(CN)CCSCC1. The fourth-order valence-corrected chi connectivity index (χ4v) is 3.12. The number of nitrogens with two attached hydrogens (primary N) is 1. The lowest BCUT2D eigenvalue weighted by atomic mass is 9.92. The van der Waals surface area contributed by atoms with E-state index in [1.165, 1.54) is 24.3 Å². The molecule has 1 heterocycles. The van der Waals surface area contributed by atoms with Crippen LogP contribution >= 0.6 is 11.8 Å². The topological polar surface area (TPSA) is 47.3 Å². The second kappa shape index (κ2) is 7.33. The first-order valence-corrected chi connectivity index (χ1v) is 7.09. The number of ether oxygens (including phenoxy) is 1. The Kier molecular flexibility index (Phi) is 6.43. The summed E-state index contributed by atoms with van der Waals surface area (Å²) in [5.41, 5.74) is 7.11. The van der Waals surface area contributed by atoms with E-state index >= 15 is 0 Å². The molecule has 1 fully saturated rings. The van der Waals surface area contributed by atoms with Crippen molar-refractivity contribution < 1.29 is 4.74 Å². The van der Waals surface area contributed by atoms with Crippen LogP contribution in [0, 0.1) is 0 Å². The molecular formula is C12H24N2OS. The molecule has 16 heavy (non-hydrogen) atoms. The Hall–Kier alpha value is -0.0300. The molecule has 1 saturated heterocycles. The van der Waals surface area contributed by atoms with Gasteiger partial charge in [-0.05, 0) is 31.3 Å². The summed E-state index contributed by atoms with van der Waals surface area (Å²) in [6.45, 7) is 8.80. The quantitative estimate of drug-likeness (QED) is 0.525. The minimum absolute atomic E-state index is 0.165. The zero-order valence-corrected chi connectivity index (χ0v) is 11.1. The molecule has 0 bridgehead atoms. The van der Waals surface area contributed by atoms with Crippen LogP contribution in [-0.2, 0) is 4.74 Å². The molecular weight excluding hydrogens is 220 g/mol. The van der Waals surface area contributed by atoms with E-state index < -0.39 is 0 Å². The highest BCUT2D eigenvalue weighted by Crippen LogP contribution is 2.25. The van der Waals surface area contributed by atoms with Gasteiger partial charge in [-0.1, -0.05) is 12.2 Å². The summed E-state index contributed by atoms with van der Waals surface area (Å²) in [4.78, 5) is 0. The molecule has 0 atom stereocenters. The summed E-state index contributed by atoms with van der Waals surface area (Å²) in [7, 11) is 0. The predicted octanol–water partition coefficient (Wildman–Crippen LogP) is 1.39. The summed E-state index contributed by atoms with van der Waals surface area (Å²) in [5.74, 6) is 2.44. The van der Waals surface area contributed by atoms with Gasteiger partial charge in [-0.2, -0.15) is 11.8 Å². The van der Waals surface area contributed by atoms with Crippen LogP contribution in [-0.4, -0.2) is 43.3 Å². The first-order chi connectivity index (χ1) is 7.68. The molecule has 3 N–H and O–H groups in total. The second-order valence-electron chi connectivity index (χ2n) is 4.53. The summed E-state index contributed by atoms with van der Waals surface area (Å²) in [6.07, 6.45) is 2.35. The van der Waals surface area contributed by atoms with Crippen LogP contribution in [0.5, 0.6) is 0 Å². The smallest absolute Gasteiger partial charge is 0.0672 e. The number of rotatable bonds is 7. The predicted molar refractivity (Wildman–Crippen MR) is 72.0 cm³/mol. The van der Waals surface area contributed by atoms with E-state index in [1.807, 2.05) is 18.7 Å². The minimum Gasteiger partial charge on any atom is -0.376 e. The fourth-order valence-electron chi connectivity index (χ4n) is 1.85. The van der Waals surface area contributed by atoms with Gasteiger partial charge in [0.05, 0.1) is 13.2 Å². The normalized spacial score (nSPS) is 19.6. The largest absolute Gasteiger partial charge is 0.376 e. The zero-order valence-electron chi connectivity index (χ0n) is 10.3. The van der Waals surface area contributed by atoms with Crippen molar-refractivity contribution in [1.29, 1.82) is 0 Å². The summed E-state index contributed by atoms with van der Waals surface area (Å²) >= 11 is 2.02. The summed E-state index contributed by atoms with van der Waals surface area (Å²) in [5, 5.41) is 3.57. The van der Waals surface area contributed by atoms with Gasteiger partial charge in [-0.25, -0.2) is 0 Å². The van der Waals surface area contributed by atoms with E-state index in [0.717, 1.165) is 25.3 Å². The molecule has 0 aromatic heterocycles. The first kappa shape index (κ1) is 14.0. The first-order valence-electron chi connectivity index (χ1n) is 5.93. The Morgan fingerprint density at radius 2 is 2.19 bits per heavy atom. The number of hydrogen-bond donors (Lipinski definition) is 2. The number of nitrogens with one attached hydrogen (secondary N) is 1. The van der Waals surface area contributed by atoms with Crippen molar-refractivity contribution in [2.75, 3.05) is 37.8 Å². The molecule has 1 rings (SSSR count). The second-order valence-corrected chi connectivity index (χ2v) is 5.76. The average Bonchev–Trinajstić information content (AvgIpc) is 2.29. The van der Waals surface area contributed by atoms with Crippen molar-refractivity contribution in [1.82, 2.24) is 5.32 Å². The lowest BCUT2D eigenvalue weighted by Crippen LogP contribution is -2.54. The zero-order chi connectivity index (χ0) is 11.9. The molecule has 0 amide bonds. The highest BCUT2D eigenvalue weighted by molar-refractivity contribution is 7.99. The molecule has 4 heteroatoms. The molecule has 3 nitrogen and oxygen atoms in total. The Labute approximate surface area is 103 Å². The molecule has 0 aromatic rings.